The Morgan fingerprint density at radius 2 is 1.85 bits per heavy atom. The number of aromatic nitrogens is 2. The number of anilines is 4. The summed E-state index contributed by atoms with van der Waals surface area (Å²) >= 11 is 9.64. The first-order valence-electron chi connectivity index (χ1n) is 11.3. The van der Waals surface area contributed by atoms with Crippen LogP contribution in [0.2, 0.25) is 5.02 Å². The number of nitrogens with zero attached hydrogens (tertiary/aromatic N) is 2. The normalized spacial score (nSPS) is 11.8. The maximum Gasteiger partial charge on any atom is 0.471 e. The van der Waals surface area contributed by atoms with Gasteiger partial charge in [0.15, 0.2) is 15.7 Å². The van der Waals surface area contributed by atoms with E-state index in [1.807, 2.05) is 5.32 Å². The third kappa shape index (κ3) is 7.51. The first kappa shape index (κ1) is 30.4. The number of carbonyl (C=O) groups excluding carboxylic acids is 1. The molecule has 1 heterocycles. The Morgan fingerprint density at radius 1 is 1.15 bits per heavy atom. The van der Waals surface area contributed by atoms with E-state index in [9.17, 15) is 26.4 Å². The number of para-hydroxylation sites is 1. The van der Waals surface area contributed by atoms with Crippen molar-refractivity contribution in [3.05, 3.63) is 57.7 Å². The van der Waals surface area contributed by atoms with Crippen LogP contribution < -0.4 is 20.7 Å². The van der Waals surface area contributed by atoms with Crippen LogP contribution in [0.4, 0.5) is 36.3 Å². The molecule has 0 aliphatic carbocycles. The molecule has 1 amide bonds. The Bertz CT molecular complexity index is 1470. The molecule has 0 aliphatic heterocycles. The zero-order valence-electron chi connectivity index (χ0n) is 20.9. The van der Waals surface area contributed by atoms with E-state index >= 15 is 0 Å². The first-order chi connectivity index (χ1) is 18.2. The number of rotatable bonds is 10. The summed E-state index contributed by atoms with van der Waals surface area (Å²) in [5, 5.41) is 7.23. The largest absolute Gasteiger partial charge is 0.495 e. The highest BCUT2D eigenvalue weighted by atomic mass is 79.9. The van der Waals surface area contributed by atoms with Gasteiger partial charge in [0.2, 0.25) is 5.95 Å². The lowest BCUT2D eigenvalue weighted by Crippen LogP contribution is -2.37. The van der Waals surface area contributed by atoms with Gasteiger partial charge in [-0.2, -0.15) is 18.2 Å². The lowest BCUT2D eigenvalue weighted by atomic mass is 10.1. The molecular formula is C24H24BrClF3N5O4S. The number of hydrogen-bond acceptors (Lipinski definition) is 8. The minimum absolute atomic E-state index is 0.0723. The van der Waals surface area contributed by atoms with E-state index in [0.29, 0.717) is 21.5 Å². The van der Waals surface area contributed by atoms with Crippen LogP contribution in [0.3, 0.4) is 0 Å². The first-order valence-corrected chi connectivity index (χ1v) is 14.1. The minimum atomic E-state index is -4.97. The fraction of sp³-hybridized carbons (Fsp3) is 0.292. The van der Waals surface area contributed by atoms with Gasteiger partial charge in [-0.25, -0.2) is 13.4 Å². The Kier molecular flexibility index (Phi) is 9.67. The van der Waals surface area contributed by atoms with Gasteiger partial charge in [0.1, 0.15) is 10.8 Å². The highest BCUT2D eigenvalue weighted by Crippen LogP contribution is 2.35. The molecule has 15 heteroatoms. The van der Waals surface area contributed by atoms with Crippen molar-refractivity contribution in [2.75, 3.05) is 24.3 Å². The van der Waals surface area contributed by atoms with Crippen molar-refractivity contribution in [2.45, 2.75) is 36.6 Å². The number of methoxy groups -OCH3 is 1. The Hall–Kier alpha value is -3.10. The zero-order valence-corrected chi connectivity index (χ0v) is 24.0. The van der Waals surface area contributed by atoms with Crippen LogP contribution in [-0.2, 0) is 21.1 Å². The fourth-order valence-corrected chi connectivity index (χ4v) is 5.16. The van der Waals surface area contributed by atoms with E-state index in [1.54, 1.807) is 44.2 Å². The number of amides is 1. The molecule has 0 aliphatic rings. The molecule has 1 aromatic heterocycles. The van der Waals surface area contributed by atoms with E-state index in [-0.39, 0.29) is 40.3 Å². The third-order valence-corrected chi connectivity index (χ3v) is 8.59. The topological polar surface area (TPSA) is 122 Å². The Morgan fingerprint density at radius 3 is 2.49 bits per heavy atom. The average molecular weight is 651 g/mol. The maximum atomic E-state index is 12.8. The highest BCUT2D eigenvalue weighted by molar-refractivity contribution is 9.10. The van der Waals surface area contributed by atoms with Crippen LogP contribution in [0.15, 0.2) is 52.0 Å². The van der Waals surface area contributed by atoms with Crippen LogP contribution in [0.5, 0.6) is 5.75 Å². The smallest absolute Gasteiger partial charge is 0.471 e. The summed E-state index contributed by atoms with van der Waals surface area (Å²) in [6, 6.07) is 9.56. The lowest BCUT2D eigenvalue weighted by Gasteiger charge is -2.16. The molecule has 0 saturated heterocycles. The van der Waals surface area contributed by atoms with Crippen molar-refractivity contribution >= 4 is 66.4 Å². The van der Waals surface area contributed by atoms with E-state index in [1.165, 1.54) is 19.4 Å². The predicted octanol–water partition coefficient (Wildman–Crippen LogP) is 5.79. The average Bonchev–Trinajstić information content (AvgIpc) is 2.87. The molecule has 0 unspecified atom stereocenters. The van der Waals surface area contributed by atoms with E-state index < -0.39 is 27.2 Å². The monoisotopic (exact) mass is 649 g/mol. The highest BCUT2D eigenvalue weighted by Gasteiger charge is 2.38. The van der Waals surface area contributed by atoms with Gasteiger partial charge in [-0.1, -0.05) is 39.7 Å². The summed E-state index contributed by atoms with van der Waals surface area (Å²) in [7, 11) is -2.18. The van der Waals surface area contributed by atoms with Crippen LogP contribution in [0.1, 0.15) is 19.4 Å². The van der Waals surface area contributed by atoms with Gasteiger partial charge >= 0.3 is 12.1 Å². The lowest BCUT2D eigenvalue weighted by molar-refractivity contribution is -0.173. The summed E-state index contributed by atoms with van der Waals surface area (Å²) in [5.74, 6) is -1.45. The number of hydrogen-bond donors (Lipinski definition) is 3. The number of alkyl halides is 3. The number of carbonyl (C=O) groups is 1. The van der Waals surface area contributed by atoms with Gasteiger partial charge in [0, 0.05) is 11.0 Å². The fourth-order valence-electron chi connectivity index (χ4n) is 3.30. The third-order valence-electron chi connectivity index (χ3n) is 5.36. The number of benzene rings is 2. The Balaban J connectivity index is 1.87. The summed E-state index contributed by atoms with van der Waals surface area (Å²) in [6.07, 6.45) is -3.57. The van der Waals surface area contributed by atoms with Crippen LogP contribution in [-0.4, -0.2) is 49.4 Å². The molecule has 3 aromatic rings. The number of sulfone groups is 1. The standard InChI is InChI=1S/C24H24BrClF3N5O4S/c1-13(2)39(36,37)20-7-5-4-6-17(20)32-21-16(26)12-31-23(34-21)33-18-10-14(15(25)11-19(18)38-3)8-9-30-22(35)24(27,28)29/h4-7,10-13H,8-9H2,1-3H3,(H,30,35)(H2,31,32,33,34). The molecule has 0 atom stereocenters. The van der Waals surface area contributed by atoms with Gasteiger partial charge in [-0.3, -0.25) is 4.79 Å². The number of ether oxygens (including phenoxy) is 1. The van der Waals surface area contributed by atoms with Crippen LogP contribution >= 0.6 is 27.5 Å². The Labute approximate surface area is 236 Å². The second kappa shape index (κ2) is 12.4. The molecule has 0 fully saturated rings. The van der Waals surface area contributed by atoms with Crippen molar-refractivity contribution in [2.24, 2.45) is 0 Å². The molecule has 9 nitrogen and oxygen atoms in total. The van der Waals surface area contributed by atoms with Gasteiger partial charge in [-0.15, -0.1) is 0 Å². The number of nitrogens with one attached hydrogen (secondary N) is 3. The van der Waals surface area contributed by atoms with Crippen LogP contribution in [0.25, 0.3) is 0 Å². The van der Waals surface area contributed by atoms with E-state index in [4.69, 9.17) is 16.3 Å². The molecule has 0 saturated carbocycles. The molecule has 0 radical (unpaired) electrons. The van der Waals surface area contributed by atoms with Crippen molar-refractivity contribution < 1.29 is 31.1 Å². The maximum absolute atomic E-state index is 12.8. The minimum Gasteiger partial charge on any atom is -0.495 e. The van der Waals surface area contributed by atoms with E-state index in [0.717, 1.165) is 0 Å². The summed E-state index contributed by atoms with van der Waals surface area (Å²) in [5.41, 5.74) is 1.23. The quantitative estimate of drug-likeness (QED) is 0.252. The van der Waals surface area contributed by atoms with Crippen molar-refractivity contribution in [1.82, 2.24) is 15.3 Å². The van der Waals surface area contributed by atoms with Crippen molar-refractivity contribution in [3.63, 3.8) is 0 Å². The molecular weight excluding hydrogens is 627 g/mol. The second-order valence-corrected chi connectivity index (χ2v) is 12.1. The molecule has 0 spiro atoms. The molecule has 3 N–H and O–H groups in total. The summed E-state index contributed by atoms with van der Waals surface area (Å²) < 4.78 is 69.0. The summed E-state index contributed by atoms with van der Waals surface area (Å²) in [4.78, 5) is 19.7. The number of halogens is 5. The second-order valence-electron chi connectivity index (χ2n) is 8.38. The molecule has 2 aromatic carbocycles. The molecule has 210 valence electrons. The van der Waals surface area contributed by atoms with Gasteiger partial charge < -0.3 is 20.7 Å². The van der Waals surface area contributed by atoms with Crippen molar-refractivity contribution in [1.29, 1.82) is 0 Å². The van der Waals surface area contributed by atoms with Gasteiger partial charge in [0.05, 0.1) is 34.8 Å². The predicted molar refractivity (Wildman–Crippen MR) is 146 cm³/mol. The van der Waals surface area contributed by atoms with Gasteiger partial charge in [0.25, 0.3) is 0 Å². The SMILES string of the molecule is COc1cc(Br)c(CCNC(=O)C(F)(F)F)cc1Nc1ncc(Cl)c(Nc2ccccc2S(=O)(=O)C(C)C)n1. The molecule has 3 rings (SSSR count). The van der Waals surface area contributed by atoms with Gasteiger partial charge in [-0.05, 0) is 50.1 Å². The van der Waals surface area contributed by atoms with Crippen molar-refractivity contribution in [3.8, 4) is 5.75 Å². The molecule has 39 heavy (non-hydrogen) atoms. The van der Waals surface area contributed by atoms with Crippen LogP contribution in [0, 0.1) is 0 Å². The zero-order chi connectivity index (χ0) is 29.0. The summed E-state index contributed by atoms with van der Waals surface area (Å²) in [6.45, 7) is 2.90. The van der Waals surface area contributed by atoms with E-state index in [2.05, 4.69) is 36.5 Å². The molecule has 0 bridgehead atoms.